The Morgan fingerprint density at radius 2 is 2.11 bits per heavy atom. The molecule has 2 N–H and O–H groups in total. The van der Waals surface area contributed by atoms with Gasteiger partial charge < -0.3 is 10.3 Å². The zero-order chi connectivity index (χ0) is 12.8. The zero-order valence-electron chi connectivity index (χ0n) is 10.7. The number of aromatic nitrogens is 2. The molecular formula is C14H19N3O. The van der Waals surface area contributed by atoms with Gasteiger partial charge >= 0.3 is 0 Å². The van der Waals surface area contributed by atoms with Crippen LogP contribution in [0.4, 0.5) is 5.82 Å². The van der Waals surface area contributed by atoms with Crippen LogP contribution in [0.3, 0.4) is 0 Å². The summed E-state index contributed by atoms with van der Waals surface area (Å²) < 4.78 is 5.32. The van der Waals surface area contributed by atoms with E-state index < -0.39 is 0 Å². The smallest absolute Gasteiger partial charge is 0.176 e. The quantitative estimate of drug-likeness (QED) is 0.792. The molecule has 0 aliphatic rings. The van der Waals surface area contributed by atoms with Gasteiger partial charge in [0, 0.05) is 12.6 Å². The Hall–Kier alpha value is -1.84. The van der Waals surface area contributed by atoms with Crippen LogP contribution in [-0.4, -0.2) is 10.1 Å². The van der Waals surface area contributed by atoms with Gasteiger partial charge in [-0.05, 0) is 18.6 Å². The Morgan fingerprint density at radius 1 is 1.22 bits per heavy atom. The van der Waals surface area contributed by atoms with Crippen molar-refractivity contribution in [2.24, 2.45) is 0 Å². The van der Waals surface area contributed by atoms with E-state index in [0.29, 0.717) is 5.82 Å². The molecular weight excluding hydrogens is 226 g/mol. The summed E-state index contributed by atoms with van der Waals surface area (Å²) in [6.07, 6.45) is 7.41. The van der Waals surface area contributed by atoms with Crippen molar-refractivity contribution >= 4 is 5.82 Å². The van der Waals surface area contributed by atoms with E-state index in [2.05, 4.69) is 17.1 Å². The van der Waals surface area contributed by atoms with Crippen LogP contribution in [0.5, 0.6) is 0 Å². The fraction of sp³-hybridized carbons (Fsp3) is 0.429. The molecule has 0 amide bonds. The Bertz CT molecular complexity index is 479. The summed E-state index contributed by atoms with van der Waals surface area (Å²) in [4.78, 5) is 4.31. The van der Waals surface area contributed by atoms with Gasteiger partial charge in [-0.2, -0.15) is 0 Å². The third-order valence-corrected chi connectivity index (χ3v) is 2.97. The number of anilines is 1. The van der Waals surface area contributed by atoms with E-state index in [0.717, 1.165) is 29.9 Å². The standard InChI is InChI=1S/C14H19N3O/c1-2-3-4-5-9-12-13(14(15)17-18-12)11-8-6-7-10-16-11/h6-8,10H,2-5,9H2,1H3,(H2,15,17). The maximum absolute atomic E-state index is 5.86. The minimum absolute atomic E-state index is 0.430. The van der Waals surface area contributed by atoms with E-state index in [1.165, 1.54) is 19.3 Å². The highest BCUT2D eigenvalue weighted by Gasteiger charge is 2.16. The minimum Gasteiger partial charge on any atom is -0.380 e. The van der Waals surface area contributed by atoms with Gasteiger partial charge in [-0.25, -0.2) is 0 Å². The SMILES string of the molecule is CCCCCCc1onc(N)c1-c1ccccn1. The molecule has 2 heterocycles. The Balaban J connectivity index is 2.12. The molecule has 0 fully saturated rings. The second-order valence-electron chi connectivity index (χ2n) is 4.39. The fourth-order valence-corrected chi connectivity index (χ4v) is 2.01. The van der Waals surface area contributed by atoms with Crippen molar-refractivity contribution in [2.75, 3.05) is 5.73 Å². The normalized spacial score (nSPS) is 10.7. The van der Waals surface area contributed by atoms with E-state index in [4.69, 9.17) is 10.3 Å². The molecule has 0 aliphatic heterocycles. The first-order valence-corrected chi connectivity index (χ1v) is 6.48. The topological polar surface area (TPSA) is 64.9 Å². The van der Waals surface area contributed by atoms with E-state index in [1.807, 2.05) is 18.2 Å². The van der Waals surface area contributed by atoms with Gasteiger partial charge in [-0.1, -0.05) is 37.4 Å². The van der Waals surface area contributed by atoms with Crippen LogP contribution >= 0.6 is 0 Å². The summed E-state index contributed by atoms with van der Waals surface area (Å²) in [5.41, 5.74) is 7.55. The average molecular weight is 245 g/mol. The molecule has 0 aromatic carbocycles. The number of unbranched alkanes of at least 4 members (excludes halogenated alkanes) is 3. The van der Waals surface area contributed by atoms with Crippen LogP contribution in [0.25, 0.3) is 11.3 Å². The summed E-state index contributed by atoms with van der Waals surface area (Å²) in [5, 5.41) is 3.85. The lowest BCUT2D eigenvalue weighted by atomic mass is 10.1. The molecule has 0 atom stereocenters. The predicted molar refractivity (Wildman–Crippen MR) is 72.0 cm³/mol. The second-order valence-corrected chi connectivity index (χ2v) is 4.39. The third kappa shape index (κ3) is 2.88. The van der Waals surface area contributed by atoms with Gasteiger partial charge in [0.2, 0.25) is 0 Å². The van der Waals surface area contributed by atoms with Crippen molar-refractivity contribution in [3.63, 3.8) is 0 Å². The lowest BCUT2D eigenvalue weighted by Gasteiger charge is -2.01. The number of hydrogen-bond donors (Lipinski definition) is 1. The summed E-state index contributed by atoms with van der Waals surface area (Å²) in [5.74, 6) is 1.28. The van der Waals surface area contributed by atoms with Gasteiger partial charge in [0.25, 0.3) is 0 Å². The fourth-order valence-electron chi connectivity index (χ4n) is 2.01. The van der Waals surface area contributed by atoms with E-state index in [9.17, 15) is 0 Å². The monoisotopic (exact) mass is 245 g/mol. The van der Waals surface area contributed by atoms with Crippen LogP contribution < -0.4 is 5.73 Å². The minimum atomic E-state index is 0.430. The van der Waals surface area contributed by atoms with E-state index in [-0.39, 0.29) is 0 Å². The molecule has 18 heavy (non-hydrogen) atoms. The summed E-state index contributed by atoms with van der Waals surface area (Å²) >= 11 is 0. The van der Waals surface area contributed by atoms with Crippen LogP contribution in [0.1, 0.15) is 38.4 Å². The molecule has 0 unspecified atom stereocenters. The number of nitrogen functional groups attached to an aromatic ring is 1. The molecule has 0 bridgehead atoms. The molecule has 2 rings (SSSR count). The first-order valence-electron chi connectivity index (χ1n) is 6.48. The number of nitrogens with zero attached hydrogens (tertiary/aromatic N) is 2. The maximum atomic E-state index is 5.86. The molecule has 2 aromatic rings. The Morgan fingerprint density at radius 3 is 2.83 bits per heavy atom. The van der Waals surface area contributed by atoms with Crippen molar-refractivity contribution < 1.29 is 4.52 Å². The zero-order valence-corrected chi connectivity index (χ0v) is 10.7. The van der Waals surface area contributed by atoms with Crippen LogP contribution in [-0.2, 0) is 6.42 Å². The summed E-state index contributed by atoms with van der Waals surface area (Å²) in [7, 11) is 0. The highest BCUT2D eigenvalue weighted by Crippen LogP contribution is 2.28. The van der Waals surface area contributed by atoms with Gasteiger partial charge in [-0.15, -0.1) is 0 Å². The number of nitrogens with two attached hydrogens (primary N) is 1. The van der Waals surface area contributed by atoms with Crippen LogP contribution in [0.15, 0.2) is 28.9 Å². The molecule has 0 spiro atoms. The Kier molecular flexibility index (Phi) is 4.34. The van der Waals surface area contributed by atoms with Gasteiger partial charge in [0.1, 0.15) is 5.76 Å². The summed E-state index contributed by atoms with van der Waals surface area (Å²) in [6, 6.07) is 5.75. The predicted octanol–water partition coefficient (Wildman–Crippen LogP) is 3.44. The van der Waals surface area contributed by atoms with E-state index in [1.54, 1.807) is 6.20 Å². The van der Waals surface area contributed by atoms with Crippen molar-refractivity contribution in [1.29, 1.82) is 0 Å². The molecule has 0 saturated carbocycles. The second kappa shape index (κ2) is 6.19. The van der Waals surface area contributed by atoms with Crippen molar-refractivity contribution in [1.82, 2.24) is 10.1 Å². The highest BCUT2D eigenvalue weighted by atomic mass is 16.5. The number of aryl methyl sites for hydroxylation is 1. The number of hydrogen-bond acceptors (Lipinski definition) is 4. The van der Waals surface area contributed by atoms with Gasteiger partial charge in [0.15, 0.2) is 5.82 Å². The number of rotatable bonds is 6. The molecule has 0 saturated heterocycles. The highest BCUT2D eigenvalue weighted by molar-refractivity contribution is 5.72. The van der Waals surface area contributed by atoms with Gasteiger partial charge in [0.05, 0.1) is 11.3 Å². The molecule has 2 aromatic heterocycles. The van der Waals surface area contributed by atoms with Crippen molar-refractivity contribution in [3.8, 4) is 11.3 Å². The van der Waals surface area contributed by atoms with Gasteiger partial charge in [-0.3, -0.25) is 4.98 Å². The average Bonchev–Trinajstić information content (AvgIpc) is 2.77. The number of pyridine rings is 1. The Labute approximate surface area is 107 Å². The molecule has 4 heteroatoms. The maximum Gasteiger partial charge on any atom is 0.176 e. The van der Waals surface area contributed by atoms with Crippen LogP contribution in [0.2, 0.25) is 0 Å². The van der Waals surface area contributed by atoms with Crippen LogP contribution in [0, 0.1) is 0 Å². The molecule has 96 valence electrons. The molecule has 0 radical (unpaired) electrons. The lowest BCUT2D eigenvalue weighted by molar-refractivity contribution is 0.382. The molecule has 4 nitrogen and oxygen atoms in total. The third-order valence-electron chi connectivity index (χ3n) is 2.97. The largest absolute Gasteiger partial charge is 0.380 e. The summed E-state index contributed by atoms with van der Waals surface area (Å²) in [6.45, 7) is 2.20. The first kappa shape index (κ1) is 12.6. The van der Waals surface area contributed by atoms with E-state index >= 15 is 0 Å². The van der Waals surface area contributed by atoms with Crippen molar-refractivity contribution in [3.05, 3.63) is 30.2 Å². The first-order chi connectivity index (χ1) is 8.83. The lowest BCUT2D eigenvalue weighted by Crippen LogP contribution is -1.93. The van der Waals surface area contributed by atoms with Crippen molar-refractivity contribution in [2.45, 2.75) is 39.0 Å². The molecule has 0 aliphatic carbocycles.